The smallest absolute Gasteiger partial charge is 0.00204 e. The second kappa shape index (κ2) is 7.28. The summed E-state index contributed by atoms with van der Waals surface area (Å²) in [5.41, 5.74) is 0. The number of unbranched alkanes of at least 4 members (excludes halogenated alkanes) is 2. The fraction of sp³-hybridized carbons (Fsp3) is 1.00. The Morgan fingerprint density at radius 3 is 2.79 bits per heavy atom. The van der Waals surface area contributed by atoms with Gasteiger partial charge in [0, 0.05) is 0 Å². The first kappa shape index (κ1) is 12.0. The lowest BCUT2D eigenvalue weighted by Crippen LogP contribution is -2.27. The summed E-state index contributed by atoms with van der Waals surface area (Å²) in [7, 11) is 0. The predicted octanol–water partition coefficient (Wildman–Crippen LogP) is 3.59. The van der Waals surface area contributed by atoms with Gasteiger partial charge in [0.15, 0.2) is 0 Å². The molecule has 0 aliphatic heterocycles. The predicted molar refractivity (Wildman–Crippen MR) is 63.5 cm³/mol. The van der Waals surface area contributed by atoms with Crippen LogP contribution in [-0.4, -0.2) is 13.1 Å². The highest BCUT2D eigenvalue weighted by molar-refractivity contribution is 4.72. The van der Waals surface area contributed by atoms with Crippen molar-refractivity contribution in [3.63, 3.8) is 0 Å². The maximum Gasteiger partial charge on any atom is -0.00204 e. The second-order valence-electron chi connectivity index (χ2n) is 5.05. The Bertz CT molecular complexity index is 133. The van der Waals surface area contributed by atoms with E-state index in [1.54, 1.807) is 0 Å². The summed E-state index contributed by atoms with van der Waals surface area (Å²) in [5.74, 6) is 1.95. The molecule has 0 spiro atoms. The van der Waals surface area contributed by atoms with Crippen LogP contribution in [0.25, 0.3) is 0 Å². The molecule has 0 aromatic heterocycles. The number of nitrogens with one attached hydrogen (secondary N) is 1. The summed E-state index contributed by atoms with van der Waals surface area (Å²) in [5, 5.41) is 3.61. The molecule has 0 radical (unpaired) electrons. The van der Waals surface area contributed by atoms with Crippen molar-refractivity contribution in [3.8, 4) is 0 Å². The summed E-state index contributed by atoms with van der Waals surface area (Å²) >= 11 is 0. The van der Waals surface area contributed by atoms with Crippen LogP contribution in [0.1, 0.15) is 58.8 Å². The van der Waals surface area contributed by atoms with E-state index >= 15 is 0 Å². The van der Waals surface area contributed by atoms with Crippen LogP contribution >= 0.6 is 0 Å². The lowest BCUT2D eigenvalue weighted by Gasteiger charge is -2.26. The van der Waals surface area contributed by atoms with Gasteiger partial charge in [0.25, 0.3) is 0 Å². The lowest BCUT2D eigenvalue weighted by molar-refractivity contribution is 0.274. The van der Waals surface area contributed by atoms with Crippen LogP contribution < -0.4 is 5.32 Å². The molecule has 14 heavy (non-hydrogen) atoms. The molecule has 1 rings (SSSR count). The lowest BCUT2D eigenvalue weighted by atomic mass is 9.82. The topological polar surface area (TPSA) is 12.0 Å². The van der Waals surface area contributed by atoms with Gasteiger partial charge >= 0.3 is 0 Å². The Hall–Kier alpha value is -0.0400. The quantitative estimate of drug-likeness (QED) is 0.642. The number of rotatable bonds is 6. The van der Waals surface area contributed by atoms with Gasteiger partial charge in [0.1, 0.15) is 0 Å². The summed E-state index contributed by atoms with van der Waals surface area (Å²) in [4.78, 5) is 0. The number of hydrogen-bond donors (Lipinski definition) is 1. The average Bonchev–Trinajstić information content (AvgIpc) is 2.18. The zero-order valence-corrected chi connectivity index (χ0v) is 10.0. The normalized spacial score (nSPS) is 27.9. The highest BCUT2D eigenvalue weighted by atomic mass is 14.9. The molecule has 0 saturated heterocycles. The van der Waals surface area contributed by atoms with Crippen molar-refractivity contribution in [2.24, 2.45) is 11.8 Å². The van der Waals surface area contributed by atoms with Gasteiger partial charge in [-0.25, -0.2) is 0 Å². The Morgan fingerprint density at radius 2 is 2.07 bits per heavy atom. The van der Waals surface area contributed by atoms with Crippen LogP contribution in [0.4, 0.5) is 0 Å². The third-order valence-electron chi connectivity index (χ3n) is 3.44. The molecule has 2 atom stereocenters. The fourth-order valence-corrected chi connectivity index (χ4v) is 2.55. The van der Waals surface area contributed by atoms with Crippen LogP contribution in [-0.2, 0) is 0 Å². The maximum atomic E-state index is 3.61. The van der Waals surface area contributed by atoms with E-state index in [-0.39, 0.29) is 0 Å². The minimum absolute atomic E-state index is 0.973. The third kappa shape index (κ3) is 4.99. The number of hydrogen-bond acceptors (Lipinski definition) is 1. The standard InChI is InChI=1S/C13H27N/c1-3-4-5-9-14-11-13-8-6-7-12(2)10-13/h12-14H,3-11H2,1-2H3. The van der Waals surface area contributed by atoms with Gasteiger partial charge in [-0.15, -0.1) is 0 Å². The molecule has 0 aromatic carbocycles. The maximum absolute atomic E-state index is 3.61. The zero-order chi connectivity index (χ0) is 10.2. The van der Waals surface area contributed by atoms with Crippen molar-refractivity contribution < 1.29 is 0 Å². The molecule has 1 N–H and O–H groups in total. The highest BCUT2D eigenvalue weighted by Crippen LogP contribution is 2.27. The molecule has 0 bridgehead atoms. The van der Waals surface area contributed by atoms with E-state index < -0.39 is 0 Å². The van der Waals surface area contributed by atoms with E-state index in [0.29, 0.717) is 0 Å². The van der Waals surface area contributed by atoms with E-state index in [1.165, 1.54) is 58.0 Å². The summed E-state index contributed by atoms with van der Waals surface area (Å²) in [6, 6.07) is 0. The Labute approximate surface area is 89.7 Å². The van der Waals surface area contributed by atoms with Crippen LogP contribution in [0.3, 0.4) is 0 Å². The van der Waals surface area contributed by atoms with Gasteiger partial charge in [-0.3, -0.25) is 0 Å². The highest BCUT2D eigenvalue weighted by Gasteiger charge is 2.17. The molecule has 1 saturated carbocycles. The minimum Gasteiger partial charge on any atom is -0.316 e. The third-order valence-corrected chi connectivity index (χ3v) is 3.44. The zero-order valence-electron chi connectivity index (χ0n) is 10.0. The van der Waals surface area contributed by atoms with E-state index in [0.717, 1.165) is 11.8 Å². The van der Waals surface area contributed by atoms with Crippen molar-refractivity contribution in [1.82, 2.24) is 5.32 Å². The Kier molecular flexibility index (Phi) is 6.25. The first-order chi connectivity index (χ1) is 6.83. The molecule has 2 unspecified atom stereocenters. The van der Waals surface area contributed by atoms with E-state index in [2.05, 4.69) is 19.2 Å². The van der Waals surface area contributed by atoms with Crippen molar-refractivity contribution in [3.05, 3.63) is 0 Å². The molecule has 0 amide bonds. The van der Waals surface area contributed by atoms with Crippen molar-refractivity contribution in [2.45, 2.75) is 58.8 Å². The summed E-state index contributed by atoms with van der Waals surface area (Å²) in [6.45, 7) is 7.18. The van der Waals surface area contributed by atoms with E-state index in [4.69, 9.17) is 0 Å². The average molecular weight is 197 g/mol. The molecule has 84 valence electrons. The summed E-state index contributed by atoms with van der Waals surface area (Å²) < 4.78 is 0. The molecule has 1 heteroatoms. The van der Waals surface area contributed by atoms with Gasteiger partial charge in [0.05, 0.1) is 0 Å². The molecule has 0 aromatic rings. The second-order valence-corrected chi connectivity index (χ2v) is 5.05. The van der Waals surface area contributed by atoms with Crippen molar-refractivity contribution in [2.75, 3.05) is 13.1 Å². The minimum atomic E-state index is 0.973. The van der Waals surface area contributed by atoms with E-state index in [1.807, 2.05) is 0 Å². The molecule has 0 heterocycles. The van der Waals surface area contributed by atoms with Gasteiger partial charge in [-0.1, -0.05) is 39.5 Å². The largest absolute Gasteiger partial charge is 0.316 e. The van der Waals surface area contributed by atoms with Crippen LogP contribution in [0.15, 0.2) is 0 Å². The first-order valence-electron chi connectivity index (χ1n) is 6.53. The molecule has 1 aliphatic rings. The Balaban J connectivity index is 1.95. The summed E-state index contributed by atoms with van der Waals surface area (Å²) in [6.07, 6.45) is 9.93. The van der Waals surface area contributed by atoms with E-state index in [9.17, 15) is 0 Å². The van der Waals surface area contributed by atoms with Crippen LogP contribution in [0.2, 0.25) is 0 Å². The molecule has 1 aliphatic carbocycles. The fourth-order valence-electron chi connectivity index (χ4n) is 2.55. The first-order valence-corrected chi connectivity index (χ1v) is 6.53. The Morgan fingerprint density at radius 1 is 1.21 bits per heavy atom. The van der Waals surface area contributed by atoms with Crippen LogP contribution in [0.5, 0.6) is 0 Å². The van der Waals surface area contributed by atoms with Gasteiger partial charge < -0.3 is 5.32 Å². The molecular weight excluding hydrogens is 170 g/mol. The van der Waals surface area contributed by atoms with Crippen molar-refractivity contribution in [1.29, 1.82) is 0 Å². The van der Waals surface area contributed by atoms with Crippen molar-refractivity contribution >= 4 is 0 Å². The monoisotopic (exact) mass is 197 g/mol. The molecule has 1 nitrogen and oxygen atoms in total. The molecule has 1 fully saturated rings. The van der Waals surface area contributed by atoms with Gasteiger partial charge in [-0.05, 0) is 44.2 Å². The van der Waals surface area contributed by atoms with Gasteiger partial charge in [0.2, 0.25) is 0 Å². The van der Waals surface area contributed by atoms with Crippen LogP contribution in [0, 0.1) is 11.8 Å². The molecular formula is C13H27N. The van der Waals surface area contributed by atoms with Gasteiger partial charge in [-0.2, -0.15) is 0 Å². The SMILES string of the molecule is CCCCCNCC1CCCC(C)C1.